The zero-order valence-electron chi connectivity index (χ0n) is 16.4. The molecule has 0 bridgehead atoms. The largest absolute Gasteiger partial charge is 0.416 e. The molecule has 0 N–H and O–H groups in total. The number of benzene rings is 2. The number of aryl methyl sites for hydroxylation is 1. The first-order chi connectivity index (χ1) is 13.6. The number of halogens is 3. The number of rotatable bonds is 6. The average molecular weight is 402 g/mol. The molecule has 0 saturated carbocycles. The first kappa shape index (κ1) is 20.7. The molecule has 0 fully saturated rings. The number of Topliss-reactive ketones (excluding diaryl/α,β-unsaturated/α-hetero) is 1. The van der Waals surface area contributed by atoms with Gasteiger partial charge in [0, 0.05) is 17.5 Å². The van der Waals surface area contributed by atoms with Crippen LogP contribution in [0, 0.1) is 5.92 Å². The molecule has 0 atom stereocenters. The molecule has 1 heterocycles. The Morgan fingerprint density at radius 3 is 2.34 bits per heavy atom. The molecule has 2 aromatic carbocycles. The van der Waals surface area contributed by atoms with Crippen LogP contribution in [0.25, 0.3) is 11.4 Å². The van der Waals surface area contributed by atoms with Gasteiger partial charge in [-0.2, -0.15) is 18.0 Å². The van der Waals surface area contributed by atoms with Crippen LogP contribution in [0.15, 0.2) is 42.5 Å². The normalized spacial score (nSPS) is 11.8. The van der Waals surface area contributed by atoms with Gasteiger partial charge in [0.05, 0.1) is 12.6 Å². The monoisotopic (exact) mass is 402 g/mol. The van der Waals surface area contributed by atoms with Gasteiger partial charge in [-0.1, -0.05) is 38.1 Å². The van der Waals surface area contributed by atoms with Crippen LogP contribution in [0.1, 0.15) is 47.3 Å². The third kappa shape index (κ3) is 5.07. The summed E-state index contributed by atoms with van der Waals surface area (Å²) in [7, 11) is 1.64. The van der Waals surface area contributed by atoms with Gasteiger partial charge in [-0.15, -0.1) is 10.2 Å². The summed E-state index contributed by atoms with van der Waals surface area (Å²) in [5, 5.41) is 12.1. The van der Waals surface area contributed by atoms with Crippen LogP contribution in [-0.2, 0) is 19.6 Å². The van der Waals surface area contributed by atoms with Crippen molar-refractivity contribution in [3.8, 4) is 11.4 Å². The predicted molar refractivity (Wildman–Crippen MR) is 102 cm³/mol. The van der Waals surface area contributed by atoms with Crippen molar-refractivity contribution in [2.75, 3.05) is 0 Å². The molecule has 0 saturated heterocycles. The van der Waals surface area contributed by atoms with Crippen LogP contribution in [0.3, 0.4) is 0 Å². The van der Waals surface area contributed by atoms with E-state index in [9.17, 15) is 18.0 Å². The average Bonchev–Trinajstić information content (AvgIpc) is 3.07. The molecule has 1 aromatic heterocycles. The van der Waals surface area contributed by atoms with E-state index in [2.05, 4.69) is 15.4 Å². The number of carbonyl (C=O) groups is 1. The van der Waals surface area contributed by atoms with Crippen molar-refractivity contribution in [2.45, 2.75) is 32.9 Å². The third-order valence-electron chi connectivity index (χ3n) is 4.45. The van der Waals surface area contributed by atoms with Gasteiger partial charge >= 0.3 is 6.18 Å². The smallest absolute Gasteiger partial charge is 0.294 e. The molecule has 0 radical (unpaired) electrons. The molecule has 0 spiro atoms. The number of aromatic nitrogens is 4. The third-order valence-corrected chi connectivity index (χ3v) is 4.45. The predicted octanol–water partition coefficient (Wildman–Crippen LogP) is 4.72. The van der Waals surface area contributed by atoms with E-state index >= 15 is 0 Å². The maximum Gasteiger partial charge on any atom is 0.416 e. The van der Waals surface area contributed by atoms with Crippen molar-refractivity contribution in [2.24, 2.45) is 13.0 Å². The Balaban J connectivity index is 1.96. The fourth-order valence-electron chi connectivity index (χ4n) is 3.02. The summed E-state index contributed by atoms with van der Waals surface area (Å²) >= 11 is 0. The lowest BCUT2D eigenvalue weighted by Gasteiger charge is -2.11. The van der Waals surface area contributed by atoms with Gasteiger partial charge in [0.2, 0.25) is 5.82 Å². The summed E-state index contributed by atoms with van der Waals surface area (Å²) < 4.78 is 38.4. The quantitative estimate of drug-likeness (QED) is 0.560. The van der Waals surface area contributed by atoms with Crippen molar-refractivity contribution in [3.63, 3.8) is 0 Å². The molecule has 0 aliphatic heterocycles. The molecule has 152 valence electrons. The van der Waals surface area contributed by atoms with E-state index in [1.54, 1.807) is 25.2 Å². The zero-order valence-corrected chi connectivity index (χ0v) is 16.4. The van der Waals surface area contributed by atoms with Crippen LogP contribution in [-0.4, -0.2) is 26.0 Å². The van der Waals surface area contributed by atoms with Crippen molar-refractivity contribution in [3.05, 3.63) is 64.7 Å². The van der Waals surface area contributed by atoms with E-state index in [0.717, 1.165) is 17.7 Å². The molecular weight excluding hydrogens is 381 g/mol. The summed E-state index contributed by atoms with van der Waals surface area (Å²) in [4.78, 5) is 13.8. The molecule has 3 aromatic rings. The van der Waals surface area contributed by atoms with Gasteiger partial charge < -0.3 is 0 Å². The van der Waals surface area contributed by atoms with Gasteiger partial charge in [-0.3, -0.25) is 4.79 Å². The minimum absolute atomic E-state index is 0.0196. The van der Waals surface area contributed by atoms with Gasteiger partial charge in [-0.25, -0.2) is 0 Å². The number of nitrogens with zero attached hydrogens (tertiary/aromatic N) is 4. The summed E-state index contributed by atoms with van der Waals surface area (Å²) in [5.41, 5.74) is 2.03. The Bertz CT molecular complexity index is 1010. The van der Waals surface area contributed by atoms with Crippen molar-refractivity contribution in [1.82, 2.24) is 20.2 Å². The maximum atomic E-state index is 12.8. The van der Waals surface area contributed by atoms with Crippen molar-refractivity contribution < 1.29 is 18.0 Å². The Hall–Kier alpha value is -3.03. The zero-order chi connectivity index (χ0) is 21.2. The Labute approximate surface area is 166 Å². The lowest BCUT2D eigenvalue weighted by atomic mass is 9.93. The number of hydrogen-bond acceptors (Lipinski definition) is 4. The number of tetrazole rings is 1. The first-order valence-corrected chi connectivity index (χ1v) is 9.20. The minimum atomic E-state index is -4.37. The van der Waals surface area contributed by atoms with E-state index in [0.29, 0.717) is 35.4 Å². The van der Waals surface area contributed by atoms with E-state index < -0.39 is 11.7 Å². The second-order valence-electron chi connectivity index (χ2n) is 7.37. The van der Waals surface area contributed by atoms with Crippen LogP contribution in [0.4, 0.5) is 13.2 Å². The van der Waals surface area contributed by atoms with E-state index in [4.69, 9.17) is 0 Å². The Morgan fingerprint density at radius 2 is 1.79 bits per heavy atom. The maximum absolute atomic E-state index is 12.8. The highest BCUT2D eigenvalue weighted by atomic mass is 19.4. The van der Waals surface area contributed by atoms with Gasteiger partial charge in [0.25, 0.3) is 0 Å². The number of alkyl halides is 3. The van der Waals surface area contributed by atoms with E-state index in [1.807, 2.05) is 13.8 Å². The molecule has 8 heteroatoms. The Kier molecular flexibility index (Phi) is 5.81. The molecule has 0 aliphatic carbocycles. The van der Waals surface area contributed by atoms with Crippen LogP contribution < -0.4 is 0 Å². The Morgan fingerprint density at radius 1 is 1.10 bits per heavy atom. The molecule has 0 aliphatic rings. The van der Waals surface area contributed by atoms with Gasteiger partial charge in [0.1, 0.15) is 0 Å². The van der Waals surface area contributed by atoms with Gasteiger partial charge in [0.15, 0.2) is 5.78 Å². The molecule has 5 nitrogen and oxygen atoms in total. The van der Waals surface area contributed by atoms with Crippen LogP contribution >= 0.6 is 0 Å². The molecule has 29 heavy (non-hydrogen) atoms. The fourth-order valence-corrected chi connectivity index (χ4v) is 3.02. The standard InChI is InChI=1S/C21H21F3N4O/c1-13(2)10-19(29)16-7-6-15(18(12-16)20-25-27-28(3)26-20)11-14-4-8-17(9-5-14)21(22,23)24/h4-9,12-13H,10-11H2,1-3H3. The number of ketones is 1. The SMILES string of the molecule is CC(C)CC(=O)c1ccc(Cc2ccc(C(F)(F)F)cc2)c(-c2nnn(C)n2)c1. The second-order valence-corrected chi connectivity index (χ2v) is 7.37. The first-order valence-electron chi connectivity index (χ1n) is 9.20. The van der Waals surface area contributed by atoms with Gasteiger partial charge in [-0.05, 0) is 46.9 Å². The topological polar surface area (TPSA) is 60.7 Å². The van der Waals surface area contributed by atoms with Crippen molar-refractivity contribution >= 4 is 5.78 Å². The summed E-state index contributed by atoms with van der Waals surface area (Å²) in [6.45, 7) is 3.95. The lowest BCUT2D eigenvalue weighted by molar-refractivity contribution is -0.137. The minimum Gasteiger partial charge on any atom is -0.294 e. The van der Waals surface area contributed by atoms with Crippen molar-refractivity contribution in [1.29, 1.82) is 0 Å². The highest BCUT2D eigenvalue weighted by Gasteiger charge is 2.30. The second kappa shape index (κ2) is 8.14. The number of carbonyl (C=O) groups excluding carboxylic acids is 1. The summed E-state index contributed by atoms with van der Waals surface area (Å²) in [6.07, 6.45) is -3.57. The van der Waals surface area contributed by atoms with Crippen LogP contribution in [0.2, 0.25) is 0 Å². The summed E-state index contributed by atoms with van der Waals surface area (Å²) in [6, 6.07) is 10.3. The van der Waals surface area contributed by atoms with E-state index in [-0.39, 0.29) is 11.7 Å². The van der Waals surface area contributed by atoms with E-state index in [1.165, 1.54) is 16.9 Å². The van der Waals surface area contributed by atoms with Crippen LogP contribution in [0.5, 0.6) is 0 Å². The summed E-state index contributed by atoms with van der Waals surface area (Å²) in [5.74, 6) is 0.618. The number of hydrogen-bond donors (Lipinski definition) is 0. The highest BCUT2D eigenvalue weighted by molar-refractivity contribution is 5.97. The molecule has 3 rings (SSSR count). The molecule has 0 unspecified atom stereocenters. The molecule has 0 amide bonds. The highest BCUT2D eigenvalue weighted by Crippen LogP contribution is 2.30. The fraction of sp³-hybridized carbons (Fsp3) is 0.333. The lowest BCUT2D eigenvalue weighted by Crippen LogP contribution is -2.06. The molecular formula is C21H21F3N4O.